The Hall–Kier alpha value is -3.92. The molecule has 0 unspecified atom stereocenters. The van der Waals surface area contributed by atoms with Crippen molar-refractivity contribution in [2.75, 3.05) is 0 Å². The largest absolute Gasteiger partial charge is 0.508 e. The Kier molecular flexibility index (Phi) is 3.74. The number of pyridine rings is 1. The number of aryl methyl sites for hydroxylation is 1. The highest BCUT2D eigenvalue weighted by Crippen LogP contribution is 2.26. The van der Waals surface area contributed by atoms with Gasteiger partial charge in [-0.05, 0) is 43.7 Å². The Balaban J connectivity index is 1.90. The fourth-order valence-electron chi connectivity index (χ4n) is 3.14. The first-order chi connectivity index (χ1) is 13.0. The summed E-state index contributed by atoms with van der Waals surface area (Å²) in [5.41, 5.74) is 4.09. The number of rotatable bonds is 2. The monoisotopic (exact) mass is 357 g/mol. The average Bonchev–Trinajstić information content (AvgIpc) is 3.12. The molecule has 27 heavy (non-hydrogen) atoms. The second-order valence-electron chi connectivity index (χ2n) is 6.28. The van der Waals surface area contributed by atoms with Crippen LogP contribution in [0.3, 0.4) is 0 Å². The van der Waals surface area contributed by atoms with Crippen LogP contribution in [0, 0.1) is 25.2 Å². The molecule has 2 N–H and O–H groups in total. The summed E-state index contributed by atoms with van der Waals surface area (Å²) in [6.07, 6.45) is 3.03. The predicted molar refractivity (Wildman–Crippen MR) is 101 cm³/mol. The van der Waals surface area contributed by atoms with Crippen molar-refractivity contribution in [1.29, 1.82) is 5.26 Å². The molecule has 0 saturated carbocycles. The van der Waals surface area contributed by atoms with Gasteiger partial charge in [0.05, 0.1) is 11.1 Å². The van der Waals surface area contributed by atoms with Crippen molar-refractivity contribution in [2.24, 2.45) is 0 Å². The van der Waals surface area contributed by atoms with Gasteiger partial charge < -0.3 is 10.1 Å². The molecule has 1 aromatic carbocycles. The molecule has 0 bridgehead atoms. The minimum atomic E-state index is -0.235. The minimum absolute atomic E-state index is 0.126. The molecule has 4 aromatic rings. The number of phenols is 1. The van der Waals surface area contributed by atoms with Crippen LogP contribution in [-0.4, -0.2) is 24.6 Å². The van der Waals surface area contributed by atoms with Gasteiger partial charge in [-0.2, -0.15) is 5.26 Å². The molecular weight excluding hydrogens is 342 g/mol. The van der Waals surface area contributed by atoms with Gasteiger partial charge in [-0.1, -0.05) is 6.07 Å². The van der Waals surface area contributed by atoms with Gasteiger partial charge >= 0.3 is 0 Å². The Labute approximate surface area is 154 Å². The van der Waals surface area contributed by atoms with E-state index >= 15 is 0 Å². The summed E-state index contributed by atoms with van der Waals surface area (Å²) >= 11 is 0. The number of benzene rings is 1. The Bertz CT molecular complexity index is 1280. The van der Waals surface area contributed by atoms with Gasteiger partial charge in [-0.3, -0.25) is 9.36 Å². The number of aromatic hydroxyl groups is 1. The Morgan fingerprint density at radius 3 is 2.70 bits per heavy atom. The number of nitrogens with one attached hydrogen (secondary N) is 1. The van der Waals surface area contributed by atoms with Crippen molar-refractivity contribution in [3.63, 3.8) is 0 Å². The predicted octanol–water partition coefficient (Wildman–Crippen LogP) is 2.97. The van der Waals surface area contributed by atoms with Crippen LogP contribution >= 0.6 is 0 Å². The Morgan fingerprint density at radius 1 is 1.19 bits per heavy atom. The quantitative estimate of drug-likeness (QED) is 0.573. The molecule has 0 aliphatic heterocycles. The van der Waals surface area contributed by atoms with E-state index in [4.69, 9.17) is 5.26 Å². The van der Waals surface area contributed by atoms with E-state index in [1.807, 2.05) is 13.0 Å². The van der Waals surface area contributed by atoms with Crippen LogP contribution in [0.5, 0.6) is 5.75 Å². The zero-order valence-corrected chi connectivity index (χ0v) is 14.7. The minimum Gasteiger partial charge on any atom is -0.508 e. The molecule has 0 amide bonds. The maximum Gasteiger partial charge on any atom is 0.267 e. The van der Waals surface area contributed by atoms with Crippen molar-refractivity contribution in [3.05, 3.63) is 70.0 Å². The van der Waals surface area contributed by atoms with E-state index in [9.17, 15) is 9.90 Å². The van der Waals surface area contributed by atoms with Crippen LogP contribution < -0.4 is 5.56 Å². The van der Waals surface area contributed by atoms with E-state index < -0.39 is 0 Å². The van der Waals surface area contributed by atoms with Gasteiger partial charge in [0.15, 0.2) is 0 Å². The summed E-state index contributed by atoms with van der Waals surface area (Å²) in [7, 11) is 0. The molecule has 3 heterocycles. The van der Waals surface area contributed by atoms with E-state index in [2.05, 4.69) is 15.0 Å². The third kappa shape index (κ3) is 2.64. The van der Waals surface area contributed by atoms with E-state index in [1.165, 1.54) is 10.9 Å². The highest BCUT2D eigenvalue weighted by molar-refractivity contribution is 5.82. The lowest BCUT2D eigenvalue weighted by molar-refractivity contribution is 0.470. The molecule has 3 aromatic heterocycles. The lowest BCUT2D eigenvalue weighted by Crippen LogP contribution is -2.20. The lowest BCUT2D eigenvalue weighted by atomic mass is 10.1. The maximum atomic E-state index is 13.1. The lowest BCUT2D eigenvalue weighted by Gasteiger charge is -2.13. The highest BCUT2D eigenvalue weighted by Gasteiger charge is 2.15. The molecule has 0 radical (unpaired) electrons. The van der Waals surface area contributed by atoms with E-state index in [0.29, 0.717) is 33.7 Å². The first kappa shape index (κ1) is 16.5. The maximum absolute atomic E-state index is 13.1. The molecule has 0 atom stereocenters. The number of phenolic OH excluding ortho intramolecular Hbond substituents is 1. The number of nitrogens with zero attached hydrogens (tertiary/aromatic N) is 4. The van der Waals surface area contributed by atoms with Crippen molar-refractivity contribution in [2.45, 2.75) is 13.8 Å². The molecule has 7 heteroatoms. The van der Waals surface area contributed by atoms with Crippen LogP contribution in [0.2, 0.25) is 0 Å². The van der Waals surface area contributed by atoms with Crippen molar-refractivity contribution < 1.29 is 5.11 Å². The van der Waals surface area contributed by atoms with Gasteiger partial charge in [-0.25, -0.2) is 9.97 Å². The molecule has 132 valence electrons. The summed E-state index contributed by atoms with van der Waals surface area (Å²) in [6.45, 7) is 3.64. The summed E-state index contributed by atoms with van der Waals surface area (Å²) in [4.78, 5) is 24.6. The standard InChI is InChI=1S/C20H15N5O2/c1-11-3-6-17(26)12(2)18(11)25-10-23-19-15(20(25)27)7-16(24-19)13-4-5-14(8-21)22-9-13/h3-7,9-10,24,26H,1-2H3. The topological polar surface area (TPSA) is 108 Å². The normalized spacial score (nSPS) is 10.9. The van der Waals surface area contributed by atoms with Gasteiger partial charge in [0.2, 0.25) is 0 Å². The van der Waals surface area contributed by atoms with Crippen LogP contribution in [0.1, 0.15) is 16.8 Å². The van der Waals surface area contributed by atoms with Crippen LogP contribution in [0.25, 0.3) is 28.0 Å². The zero-order valence-electron chi connectivity index (χ0n) is 14.7. The van der Waals surface area contributed by atoms with Gasteiger partial charge in [0.25, 0.3) is 5.56 Å². The molecule has 0 saturated heterocycles. The third-order valence-corrected chi connectivity index (χ3v) is 4.58. The SMILES string of the molecule is Cc1ccc(O)c(C)c1-n1cnc2[nH]c(-c3ccc(C#N)nc3)cc2c1=O. The molecule has 0 aliphatic rings. The van der Waals surface area contributed by atoms with E-state index in [-0.39, 0.29) is 11.3 Å². The number of aromatic amines is 1. The second-order valence-corrected chi connectivity index (χ2v) is 6.28. The second kappa shape index (κ2) is 6.11. The van der Waals surface area contributed by atoms with Crippen LogP contribution in [-0.2, 0) is 0 Å². The molecule has 0 fully saturated rings. The van der Waals surface area contributed by atoms with Gasteiger partial charge in [-0.15, -0.1) is 0 Å². The van der Waals surface area contributed by atoms with E-state index in [1.54, 1.807) is 43.5 Å². The van der Waals surface area contributed by atoms with Gasteiger partial charge in [0.1, 0.15) is 29.5 Å². The molecule has 0 spiro atoms. The number of fused-ring (bicyclic) bond motifs is 1. The van der Waals surface area contributed by atoms with Gasteiger partial charge in [0, 0.05) is 23.0 Å². The zero-order chi connectivity index (χ0) is 19.1. The number of hydrogen-bond acceptors (Lipinski definition) is 5. The van der Waals surface area contributed by atoms with Crippen molar-refractivity contribution in [1.82, 2.24) is 19.5 Å². The number of aromatic nitrogens is 4. The van der Waals surface area contributed by atoms with Crippen molar-refractivity contribution in [3.8, 4) is 28.8 Å². The number of H-pyrrole nitrogens is 1. The number of hydrogen-bond donors (Lipinski definition) is 2. The average molecular weight is 357 g/mol. The Morgan fingerprint density at radius 2 is 2.00 bits per heavy atom. The highest BCUT2D eigenvalue weighted by atomic mass is 16.3. The fourth-order valence-corrected chi connectivity index (χ4v) is 3.14. The van der Waals surface area contributed by atoms with Crippen LogP contribution in [0.15, 0.2) is 47.7 Å². The summed E-state index contributed by atoms with van der Waals surface area (Å²) in [6, 6.07) is 10.4. The summed E-state index contributed by atoms with van der Waals surface area (Å²) in [5, 5.41) is 19.3. The third-order valence-electron chi connectivity index (χ3n) is 4.58. The summed E-state index contributed by atoms with van der Waals surface area (Å²) < 4.78 is 1.45. The van der Waals surface area contributed by atoms with Crippen LogP contribution in [0.4, 0.5) is 0 Å². The smallest absolute Gasteiger partial charge is 0.267 e. The molecule has 4 rings (SSSR count). The first-order valence-electron chi connectivity index (χ1n) is 8.26. The van der Waals surface area contributed by atoms with E-state index in [0.717, 1.165) is 11.1 Å². The molecule has 0 aliphatic carbocycles. The molecular formula is C20H15N5O2. The first-order valence-corrected chi connectivity index (χ1v) is 8.26. The number of nitriles is 1. The fraction of sp³-hybridized carbons (Fsp3) is 0.100. The summed E-state index contributed by atoms with van der Waals surface area (Å²) in [5.74, 6) is 0.126. The molecule has 7 nitrogen and oxygen atoms in total. The van der Waals surface area contributed by atoms with Crippen molar-refractivity contribution >= 4 is 11.0 Å².